The predicted octanol–water partition coefficient (Wildman–Crippen LogP) is 2.92. The van der Waals surface area contributed by atoms with Crippen LogP contribution in [0.15, 0.2) is 42.7 Å². The zero-order valence-corrected chi connectivity index (χ0v) is 13.9. The molecule has 25 heavy (non-hydrogen) atoms. The predicted molar refractivity (Wildman–Crippen MR) is 98.0 cm³/mol. The second kappa shape index (κ2) is 7.90. The first kappa shape index (κ1) is 17.1. The Morgan fingerprint density at radius 3 is 2.80 bits per heavy atom. The lowest BCUT2D eigenvalue weighted by Gasteiger charge is -2.27. The number of carboxylic acid groups (broad SMARTS) is 1. The van der Waals surface area contributed by atoms with E-state index in [1.165, 1.54) is 6.08 Å². The monoisotopic (exact) mass is 338 g/mol. The van der Waals surface area contributed by atoms with E-state index < -0.39 is 5.97 Å². The van der Waals surface area contributed by atoms with Crippen molar-refractivity contribution in [3.05, 3.63) is 48.3 Å². The molecule has 0 aromatic carbocycles. The summed E-state index contributed by atoms with van der Waals surface area (Å²) < 4.78 is 0. The molecule has 2 heterocycles. The van der Waals surface area contributed by atoms with Crippen LogP contribution in [-0.4, -0.2) is 33.1 Å². The summed E-state index contributed by atoms with van der Waals surface area (Å²) in [7, 11) is 0. The lowest BCUT2D eigenvalue weighted by molar-refractivity contribution is -0.131. The summed E-state index contributed by atoms with van der Waals surface area (Å²) in [6, 6.07) is 8.44. The molecule has 0 spiro atoms. The van der Waals surface area contributed by atoms with E-state index in [1.807, 2.05) is 24.3 Å². The molecule has 2 aromatic rings. The van der Waals surface area contributed by atoms with E-state index in [0.717, 1.165) is 54.4 Å². The molecule has 2 aromatic heterocycles. The molecule has 0 aliphatic heterocycles. The number of nitrogens with zero attached hydrogens (tertiary/aromatic N) is 2. The zero-order chi connectivity index (χ0) is 17.6. The van der Waals surface area contributed by atoms with Crippen LogP contribution in [0.3, 0.4) is 0 Å². The lowest BCUT2D eigenvalue weighted by atomic mass is 9.92. The van der Waals surface area contributed by atoms with E-state index in [4.69, 9.17) is 10.8 Å². The summed E-state index contributed by atoms with van der Waals surface area (Å²) in [6.45, 7) is 0. The standard InChI is InChI=1S/C19H22N4O2/c20-15-5-7-16(8-6-15)22-18-3-1-2-17(23-18)14-10-13(11-21-12-14)4-9-19(24)25/h1-4,9-12,15-16H,5-8,20H2,(H,22,23)(H,24,25)/b9-4+/t15-,16-. The molecule has 6 heteroatoms. The SMILES string of the molecule is N[C@H]1CC[C@H](Nc2cccc(-c3cncc(/C=C/C(=O)O)c3)n2)CC1. The lowest BCUT2D eigenvalue weighted by Crippen LogP contribution is -2.33. The number of nitrogens with two attached hydrogens (primary N) is 1. The van der Waals surface area contributed by atoms with Crippen molar-refractivity contribution >= 4 is 17.9 Å². The molecule has 6 nitrogen and oxygen atoms in total. The number of carboxylic acids is 1. The van der Waals surface area contributed by atoms with Crippen LogP contribution in [0.1, 0.15) is 31.2 Å². The van der Waals surface area contributed by atoms with Crippen molar-refractivity contribution in [2.75, 3.05) is 5.32 Å². The number of hydrogen-bond donors (Lipinski definition) is 3. The van der Waals surface area contributed by atoms with Gasteiger partial charge in [-0.1, -0.05) is 6.07 Å². The Morgan fingerprint density at radius 1 is 1.24 bits per heavy atom. The molecular formula is C19H22N4O2. The highest BCUT2D eigenvalue weighted by atomic mass is 16.4. The molecule has 0 atom stereocenters. The van der Waals surface area contributed by atoms with E-state index in [0.29, 0.717) is 12.1 Å². The fourth-order valence-electron chi connectivity index (χ4n) is 3.01. The average Bonchev–Trinajstić information content (AvgIpc) is 2.62. The molecular weight excluding hydrogens is 316 g/mol. The van der Waals surface area contributed by atoms with Crippen LogP contribution < -0.4 is 11.1 Å². The Balaban J connectivity index is 1.75. The number of anilines is 1. The largest absolute Gasteiger partial charge is 0.478 e. The van der Waals surface area contributed by atoms with E-state index >= 15 is 0 Å². The minimum atomic E-state index is -0.984. The van der Waals surface area contributed by atoms with Crippen molar-refractivity contribution < 1.29 is 9.90 Å². The van der Waals surface area contributed by atoms with Crippen LogP contribution in [0.5, 0.6) is 0 Å². The topological polar surface area (TPSA) is 101 Å². The van der Waals surface area contributed by atoms with Gasteiger partial charge in [-0.2, -0.15) is 0 Å². The molecule has 0 bridgehead atoms. The molecule has 1 fully saturated rings. The quantitative estimate of drug-likeness (QED) is 0.725. The number of rotatable bonds is 5. The first-order valence-corrected chi connectivity index (χ1v) is 8.46. The van der Waals surface area contributed by atoms with Crippen molar-refractivity contribution in [2.45, 2.75) is 37.8 Å². The molecule has 1 aliphatic rings. The molecule has 0 radical (unpaired) electrons. The smallest absolute Gasteiger partial charge is 0.328 e. The molecule has 1 aliphatic carbocycles. The molecule has 0 unspecified atom stereocenters. The van der Waals surface area contributed by atoms with Crippen molar-refractivity contribution in [2.24, 2.45) is 5.73 Å². The van der Waals surface area contributed by atoms with E-state index in [-0.39, 0.29) is 0 Å². The zero-order valence-electron chi connectivity index (χ0n) is 13.9. The summed E-state index contributed by atoms with van der Waals surface area (Å²) in [5, 5.41) is 12.2. The van der Waals surface area contributed by atoms with Gasteiger partial charge in [-0.05, 0) is 55.5 Å². The minimum absolute atomic E-state index is 0.324. The van der Waals surface area contributed by atoms with Crippen LogP contribution in [-0.2, 0) is 4.79 Å². The van der Waals surface area contributed by atoms with Crippen LogP contribution in [0.2, 0.25) is 0 Å². The number of hydrogen-bond acceptors (Lipinski definition) is 5. The van der Waals surface area contributed by atoms with Crippen molar-refractivity contribution in [1.82, 2.24) is 9.97 Å². The third kappa shape index (κ3) is 4.87. The summed E-state index contributed by atoms with van der Waals surface area (Å²) in [5.41, 5.74) is 8.33. The normalized spacial score (nSPS) is 20.5. The molecule has 130 valence electrons. The van der Waals surface area contributed by atoms with Gasteiger partial charge in [0.25, 0.3) is 0 Å². The molecule has 1 saturated carbocycles. The van der Waals surface area contributed by atoms with Gasteiger partial charge in [-0.15, -0.1) is 0 Å². The summed E-state index contributed by atoms with van der Waals surface area (Å²) in [5.74, 6) is -0.147. The first-order chi connectivity index (χ1) is 12.1. The maximum Gasteiger partial charge on any atom is 0.328 e. The van der Waals surface area contributed by atoms with Gasteiger partial charge in [0.05, 0.1) is 5.69 Å². The summed E-state index contributed by atoms with van der Waals surface area (Å²) >= 11 is 0. The third-order valence-corrected chi connectivity index (χ3v) is 4.35. The second-order valence-electron chi connectivity index (χ2n) is 6.34. The van der Waals surface area contributed by atoms with Crippen LogP contribution in [0.25, 0.3) is 17.3 Å². The van der Waals surface area contributed by atoms with Crippen LogP contribution >= 0.6 is 0 Å². The van der Waals surface area contributed by atoms with Gasteiger partial charge in [0.15, 0.2) is 0 Å². The van der Waals surface area contributed by atoms with Crippen molar-refractivity contribution in [3.63, 3.8) is 0 Å². The Morgan fingerprint density at radius 2 is 2.04 bits per heavy atom. The second-order valence-corrected chi connectivity index (χ2v) is 6.34. The van der Waals surface area contributed by atoms with Crippen LogP contribution in [0, 0.1) is 0 Å². The minimum Gasteiger partial charge on any atom is -0.478 e. The fourth-order valence-corrected chi connectivity index (χ4v) is 3.01. The van der Waals surface area contributed by atoms with Gasteiger partial charge in [-0.3, -0.25) is 4.98 Å². The van der Waals surface area contributed by atoms with Gasteiger partial charge in [-0.25, -0.2) is 9.78 Å². The first-order valence-electron chi connectivity index (χ1n) is 8.46. The maximum atomic E-state index is 10.6. The Kier molecular flexibility index (Phi) is 5.40. The number of aliphatic carboxylic acids is 1. The Labute approximate surface area is 146 Å². The van der Waals surface area contributed by atoms with E-state index in [2.05, 4.69) is 15.3 Å². The maximum absolute atomic E-state index is 10.6. The number of pyridine rings is 2. The number of carbonyl (C=O) groups is 1. The Hall–Kier alpha value is -2.73. The molecule has 0 amide bonds. The van der Waals surface area contributed by atoms with Gasteiger partial charge < -0.3 is 16.2 Å². The van der Waals surface area contributed by atoms with Gasteiger partial charge >= 0.3 is 5.97 Å². The van der Waals surface area contributed by atoms with Crippen LogP contribution in [0.4, 0.5) is 5.82 Å². The van der Waals surface area contributed by atoms with Gasteiger partial charge in [0, 0.05) is 36.1 Å². The highest BCUT2D eigenvalue weighted by molar-refractivity contribution is 5.85. The fraction of sp³-hybridized carbons (Fsp3) is 0.316. The molecule has 0 saturated heterocycles. The van der Waals surface area contributed by atoms with Gasteiger partial charge in [0.1, 0.15) is 5.82 Å². The number of nitrogens with one attached hydrogen (secondary N) is 1. The molecule has 4 N–H and O–H groups in total. The number of aromatic nitrogens is 2. The van der Waals surface area contributed by atoms with E-state index in [1.54, 1.807) is 12.4 Å². The summed E-state index contributed by atoms with van der Waals surface area (Å²) in [4.78, 5) is 19.5. The van der Waals surface area contributed by atoms with Crippen molar-refractivity contribution in [3.8, 4) is 11.3 Å². The highest BCUT2D eigenvalue weighted by Crippen LogP contribution is 2.23. The van der Waals surface area contributed by atoms with Crippen molar-refractivity contribution in [1.29, 1.82) is 0 Å². The van der Waals surface area contributed by atoms with E-state index in [9.17, 15) is 4.79 Å². The van der Waals surface area contributed by atoms with Gasteiger partial charge in [0.2, 0.25) is 0 Å². The highest BCUT2D eigenvalue weighted by Gasteiger charge is 2.18. The Bertz CT molecular complexity index is 768. The third-order valence-electron chi connectivity index (χ3n) is 4.35. The molecule has 3 rings (SSSR count). The average molecular weight is 338 g/mol. The summed E-state index contributed by atoms with van der Waals surface area (Å²) in [6.07, 6.45) is 10.2.